The van der Waals surface area contributed by atoms with Gasteiger partial charge in [-0.15, -0.1) is 0 Å². The smallest absolute Gasteiger partial charge is 0.253 e. The number of aromatic amines is 2. The van der Waals surface area contributed by atoms with Gasteiger partial charge in [-0.3, -0.25) is 4.79 Å². The van der Waals surface area contributed by atoms with Crippen molar-refractivity contribution >= 4 is 39.7 Å². The second-order valence-corrected chi connectivity index (χ2v) is 6.36. The number of pyridine rings is 1. The van der Waals surface area contributed by atoms with Crippen molar-refractivity contribution in [2.75, 3.05) is 14.2 Å². The number of para-hydroxylation sites is 1. The van der Waals surface area contributed by atoms with Gasteiger partial charge in [-0.2, -0.15) is 4.98 Å². The first-order valence-electron chi connectivity index (χ1n) is 7.60. The number of carbonyl (C=O) groups excluding carboxylic acids is 1. The van der Waals surface area contributed by atoms with E-state index in [4.69, 9.17) is 4.74 Å². The van der Waals surface area contributed by atoms with E-state index in [2.05, 4.69) is 25.3 Å². The van der Waals surface area contributed by atoms with Crippen LogP contribution in [0.15, 0.2) is 46.6 Å². The minimum Gasteiger partial charge on any atom is -0.481 e. The molecule has 25 heavy (non-hydrogen) atoms. The molecule has 4 aromatic rings. The zero-order valence-electron chi connectivity index (χ0n) is 13.6. The lowest BCUT2D eigenvalue weighted by molar-refractivity contribution is 0.0964. The highest BCUT2D eigenvalue weighted by molar-refractivity contribution is 7.99. The van der Waals surface area contributed by atoms with Crippen molar-refractivity contribution in [3.05, 3.63) is 42.1 Å². The molecule has 1 amide bonds. The predicted octanol–water partition coefficient (Wildman–Crippen LogP) is 2.96. The van der Waals surface area contributed by atoms with Crippen molar-refractivity contribution in [1.82, 2.24) is 25.3 Å². The monoisotopic (exact) mass is 353 g/mol. The lowest BCUT2D eigenvalue weighted by Crippen LogP contribution is -2.17. The molecular formula is C17H15N5O2S. The van der Waals surface area contributed by atoms with Gasteiger partial charge in [0.25, 0.3) is 5.91 Å². The quantitative estimate of drug-likeness (QED) is 0.524. The molecule has 0 aliphatic rings. The van der Waals surface area contributed by atoms with E-state index in [1.54, 1.807) is 26.3 Å². The number of imidazole rings is 1. The summed E-state index contributed by atoms with van der Waals surface area (Å²) >= 11 is 1.48. The van der Waals surface area contributed by atoms with Crippen molar-refractivity contribution in [2.24, 2.45) is 0 Å². The van der Waals surface area contributed by atoms with E-state index in [9.17, 15) is 4.79 Å². The van der Waals surface area contributed by atoms with Crippen LogP contribution in [-0.2, 0) is 0 Å². The van der Waals surface area contributed by atoms with Crippen molar-refractivity contribution < 1.29 is 9.53 Å². The Labute approximate surface area is 147 Å². The first-order chi connectivity index (χ1) is 12.2. The van der Waals surface area contributed by atoms with E-state index < -0.39 is 0 Å². The van der Waals surface area contributed by atoms with Gasteiger partial charge in [0.05, 0.1) is 23.7 Å². The fourth-order valence-corrected chi connectivity index (χ4v) is 3.56. The van der Waals surface area contributed by atoms with Gasteiger partial charge >= 0.3 is 0 Å². The van der Waals surface area contributed by atoms with E-state index in [0.717, 1.165) is 26.5 Å². The number of aromatic nitrogens is 4. The number of nitrogens with one attached hydrogen (secondary N) is 3. The van der Waals surface area contributed by atoms with E-state index >= 15 is 0 Å². The van der Waals surface area contributed by atoms with Crippen LogP contribution in [0.1, 0.15) is 10.4 Å². The molecular weight excluding hydrogens is 338 g/mol. The molecule has 7 nitrogen and oxygen atoms in total. The van der Waals surface area contributed by atoms with Gasteiger partial charge < -0.3 is 20.0 Å². The molecule has 0 bridgehead atoms. The van der Waals surface area contributed by atoms with Crippen LogP contribution in [0.5, 0.6) is 5.88 Å². The van der Waals surface area contributed by atoms with Gasteiger partial charge in [0.15, 0.2) is 10.8 Å². The number of hydrogen-bond donors (Lipinski definition) is 3. The van der Waals surface area contributed by atoms with Crippen LogP contribution in [0, 0.1) is 0 Å². The first kappa shape index (κ1) is 15.5. The maximum absolute atomic E-state index is 12.0. The second-order valence-electron chi connectivity index (χ2n) is 5.33. The molecule has 0 aliphatic heterocycles. The standard InChI is InChI=1S/C17H15N5O2S/c1-18-16(23)10-5-3-4-9-12(8-19-14(9)10)25-17-20-11-6-7-13(24-2)21-15(11)22-17/h3-8,19H,1-2H3,(H,18,23)(H,20,21,22). The molecule has 0 atom stereocenters. The molecule has 1 aromatic carbocycles. The van der Waals surface area contributed by atoms with Crippen molar-refractivity contribution in [2.45, 2.75) is 10.1 Å². The third-order valence-electron chi connectivity index (χ3n) is 3.86. The molecule has 3 heterocycles. The second kappa shape index (κ2) is 6.14. The molecule has 3 aromatic heterocycles. The number of nitrogens with zero attached hydrogens (tertiary/aromatic N) is 2. The fraction of sp³-hybridized carbons (Fsp3) is 0.118. The third kappa shape index (κ3) is 2.70. The van der Waals surface area contributed by atoms with E-state index in [1.165, 1.54) is 11.8 Å². The zero-order chi connectivity index (χ0) is 17.4. The molecule has 4 rings (SSSR count). The number of H-pyrrole nitrogens is 2. The number of methoxy groups -OCH3 is 1. The van der Waals surface area contributed by atoms with Crippen LogP contribution in [0.2, 0.25) is 0 Å². The lowest BCUT2D eigenvalue weighted by atomic mass is 10.1. The van der Waals surface area contributed by atoms with Gasteiger partial charge in [0.2, 0.25) is 5.88 Å². The molecule has 0 saturated carbocycles. The van der Waals surface area contributed by atoms with Crippen LogP contribution in [0.4, 0.5) is 0 Å². The van der Waals surface area contributed by atoms with E-state index in [0.29, 0.717) is 17.1 Å². The summed E-state index contributed by atoms with van der Waals surface area (Å²) in [6, 6.07) is 9.32. The largest absolute Gasteiger partial charge is 0.481 e. The van der Waals surface area contributed by atoms with Crippen LogP contribution < -0.4 is 10.1 Å². The molecule has 0 aliphatic carbocycles. The Kier molecular flexibility index (Phi) is 3.81. The summed E-state index contributed by atoms with van der Waals surface area (Å²) in [5.41, 5.74) is 2.87. The fourth-order valence-electron chi connectivity index (χ4n) is 2.66. The highest BCUT2D eigenvalue weighted by Gasteiger charge is 2.14. The maximum Gasteiger partial charge on any atom is 0.253 e. The maximum atomic E-state index is 12.0. The number of carbonyl (C=O) groups is 1. The van der Waals surface area contributed by atoms with Crippen LogP contribution in [0.25, 0.3) is 22.1 Å². The molecule has 0 radical (unpaired) electrons. The summed E-state index contributed by atoms with van der Waals surface area (Å²) in [7, 11) is 3.20. The van der Waals surface area contributed by atoms with Crippen molar-refractivity contribution in [1.29, 1.82) is 0 Å². The number of fused-ring (bicyclic) bond motifs is 2. The van der Waals surface area contributed by atoms with Gasteiger partial charge in [0.1, 0.15) is 0 Å². The normalized spacial score (nSPS) is 11.1. The topological polar surface area (TPSA) is 95.7 Å². The van der Waals surface area contributed by atoms with Gasteiger partial charge in [-0.05, 0) is 23.9 Å². The Bertz CT molecular complexity index is 1090. The molecule has 126 valence electrons. The number of rotatable bonds is 4. The predicted molar refractivity (Wildman–Crippen MR) is 96.3 cm³/mol. The highest BCUT2D eigenvalue weighted by Crippen LogP contribution is 2.34. The van der Waals surface area contributed by atoms with Gasteiger partial charge in [0, 0.05) is 29.6 Å². The Morgan fingerprint density at radius 3 is 2.92 bits per heavy atom. The lowest BCUT2D eigenvalue weighted by Gasteiger charge is -2.02. The molecule has 0 unspecified atom stereocenters. The third-order valence-corrected chi connectivity index (χ3v) is 4.81. The number of ether oxygens (including phenoxy) is 1. The van der Waals surface area contributed by atoms with Gasteiger partial charge in [-0.1, -0.05) is 12.1 Å². The van der Waals surface area contributed by atoms with Gasteiger partial charge in [-0.25, -0.2) is 4.98 Å². The molecule has 0 spiro atoms. The molecule has 3 N–H and O–H groups in total. The van der Waals surface area contributed by atoms with E-state index in [-0.39, 0.29) is 5.91 Å². The first-order valence-corrected chi connectivity index (χ1v) is 8.42. The average molecular weight is 353 g/mol. The minimum absolute atomic E-state index is 0.121. The Balaban J connectivity index is 1.72. The number of benzene rings is 1. The zero-order valence-corrected chi connectivity index (χ0v) is 14.4. The van der Waals surface area contributed by atoms with Crippen LogP contribution >= 0.6 is 11.8 Å². The number of amides is 1. The SMILES string of the molecule is CNC(=O)c1cccc2c(Sc3nc4nc(OC)ccc4[nH]3)c[nH]c12. The number of hydrogen-bond acceptors (Lipinski definition) is 5. The molecule has 0 fully saturated rings. The van der Waals surface area contributed by atoms with Crippen LogP contribution in [0.3, 0.4) is 0 Å². The average Bonchev–Trinajstić information content (AvgIpc) is 3.24. The molecule has 0 saturated heterocycles. The summed E-state index contributed by atoms with van der Waals surface area (Å²) < 4.78 is 5.13. The summed E-state index contributed by atoms with van der Waals surface area (Å²) in [5, 5.41) is 4.35. The summed E-state index contributed by atoms with van der Waals surface area (Å²) in [6.45, 7) is 0. The minimum atomic E-state index is -0.121. The highest BCUT2D eigenvalue weighted by atomic mass is 32.2. The Morgan fingerprint density at radius 2 is 2.12 bits per heavy atom. The Hall–Kier alpha value is -3.00. The van der Waals surface area contributed by atoms with Crippen molar-refractivity contribution in [3.8, 4) is 5.88 Å². The van der Waals surface area contributed by atoms with E-state index in [1.807, 2.05) is 24.4 Å². The summed E-state index contributed by atoms with van der Waals surface area (Å²) in [5.74, 6) is 0.405. The van der Waals surface area contributed by atoms with Crippen molar-refractivity contribution in [3.63, 3.8) is 0 Å². The Morgan fingerprint density at radius 1 is 1.24 bits per heavy atom. The summed E-state index contributed by atoms with van der Waals surface area (Å²) in [6.07, 6.45) is 1.88. The van der Waals surface area contributed by atoms with Crippen LogP contribution in [-0.4, -0.2) is 40.0 Å². The molecule has 8 heteroatoms. The summed E-state index contributed by atoms with van der Waals surface area (Å²) in [4.78, 5) is 28.2.